The molecule has 7 aromatic rings. The van der Waals surface area contributed by atoms with E-state index in [1.54, 1.807) is 0 Å². The highest BCUT2D eigenvalue weighted by molar-refractivity contribution is 6.88. The standard InChI is InChI=1S/C40H40N2OSi/c1-25(2)33-23-28(27-19-21-29(22-20-27)44(5,6)7)24-34(26(3)4)38(33)42-36-17-10-9-16-35(36)41-40(42)32-15-12-14-31-30-13-8-11-18-37(30)43-39(31)32/h8-26H,1-7H3/i25D,26D. The molecule has 2 aromatic heterocycles. The summed E-state index contributed by atoms with van der Waals surface area (Å²) in [4.78, 5) is 5.22. The molecule has 2 heterocycles. The first kappa shape index (κ1) is 26.0. The van der Waals surface area contributed by atoms with E-state index in [-0.39, 0.29) is 0 Å². The van der Waals surface area contributed by atoms with E-state index in [0.29, 0.717) is 0 Å². The van der Waals surface area contributed by atoms with Crippen LogP contribution in [0.25, 0.3) is 61.2 Å². The number of para-hydroxylation sites is 4. The zero-order chi connectivity index (χ0) is 32.6. The lowest BCUT2D eigenvalue weighted by Gasteiger charge is -2.24. The van der Waals surface area contributed by atoms with Gasteiger partial charge in [0.25, 0.3) is 0 Å². The summed E-state index contributed by atoms with van der Waals surface area (Å²) in [6.07, 6.45) is 0. The molecule has 0 spiro atoms. The van der Waals surface area contributed by atoms with Crippen molar-refractivity contribution in [2.24, 2.45) is 0 Å². The molecule has 0 aliphatic carbocycles. The van der Waals surface area contributed by atoms with Gasteiger partial charge in [0.05, 0.1) is 30.4 Å². The van der Waals surface area contributed by atoms with Crippen molar-refractivity contribution in [2.45, 2.75) is 59.1 Å². The van der Waals surface area contributed by atoms with E-state index in [0.717, 1.165) is 72.3 Å². The Labute approximate surface area is 264 Å². The van der Waals surface area contributed by atoms with Gasteiger partial charge in [-0.15, -0.1) is 0 Å². The summed E-state index contributed by atoms with van der Waals surface area (Å²) >= 11 is 0. The lowest BCUT2D eigenvalue weighted by Crippen LogP contribution is -2.37. The third kappa shape index (κ3) is 4.69. The number of nitrogens with zero attached hydrogens (tertiary/aromatic N) is 2. The Morgan fingerprint density at radius 3 is 2.02 bits per heavy atom. The molecular formula is C40H40N2OSi. The fourth-order valence-electron chi connectivity index (χ4n) is 6.32. The van der Waals surface area contributed by atoms with E-state index < -0.39 is 19.9 Å². The monoisotopic (exact) mass is 594 g/mol. The molecular weight excluding hydrogens is 553 g/mol. The Hall–Kier alpha value is -4.41. The van der Waals surface area contributed by atoms with Gasteiger partial charge in [0.1, 0.15) is 17.0 Å². The molecule has 0 atom stereocenters. The van der Waals surface area contributed by atoms with Crippen LogP contribution in [0.15, 0.2) is 108 Å². The topological polar surface area (TPSA) is 31.0 Å². The van der Waals surface area contributed by atoms with E-state index in [2.05, 4.69) is 90.9 Å². The second-order valence-electron chi connectivity index (χ2n) is 13.3. The average Bonchev–Trinajstić information content (AvgIpc) is 3.58. The van der Waals surface area contributed by atoms with Gasteiger partial charge in [0.15, 0.2) is 0 Å². The van der Waals surface area contributed by atoms with Crippen LogP contribution < -0.4 is 5.19 Å². The van der Waals surface area contributed by atoms with E-state index >= 15 is 0 Å². The Morgan fingerprint density at radius 1 is 0.705 bits per heavy atom. The van der Waals surface area contributed by atoms with Crippen LogP contribution in [0, 0.1) is 0 Å². The lowest BCUT2D eigenvalue weighted by atomic mass is 9.88. The maximum absolute atomic E-state index is 9.47. The summed E-state index contributed by atoms with van der Waals surface area (Å²) in [5.74, 6) is -1.22. The minimum absolute atomic E-state index is 0.731. The van der Waals surface area contributed by atoms with Crippen LogP contribution in [-0.2, 0) is 0 Å². The van der Waals surface area contributed by atoms with E-state index in [9.17, 15) is 2.74 Å². The van der Waals surface area contributed by atoms with Crippen LogP contribution in [0.3, 0.4) is 0 Å². The fraction of sp³-hybridized carbons (Fsp3) is 0.225. The minimum atomic E-state index is -1.46. The second kappa shape index (κ2) is 10.6. The Balaban J connectivity index is 1.57. The Bertz CT molecular complexity index is 2220. The molecule has 220 valence electrons. The number of furan rings is 1. The van der Waals surface area contributed by atoms with Gasteiger partial charge in [-0.05, 0) is 70.4 Å². The van der Waals surface area contributed by atoms with E-state index in [4.69, 9.17) is 9.40 Å². The SMILES string of the molecule is [2H]C(C)(C)c1cc(-c2ccc([Si](C)(C)C)cc2)cc(C([2H])(C)C)c1-n1c(-c2cccc3c2oc2ccccc23)nc2ccccc21. The molecule has 44 heavy (non-hydrogen) atoms. The second-order valence-corrected chi connectivity index (χ2v) is 18.4. The van der Waals surface area contributed by atoms with Gasteiger partial charge in [-0.3, -0.25) is 4.57 Å². The fourth-order valence-corrected chi connectivity index (χ4v) is 7.49. The summed E-state index contributed by atoms with van der Waals surface area (Å²) in [5, 5.41) is 3.50. The predicted molar refractivity (Wildman–Crippen MR) is 190 cm³/mol. The molecule has 0 saturated heterocycles. The van der Waals surface area contributed by atoms with Crippen molar-refractivity contribution in [2.75, 3.05) is 0 Å². The summed E-state index contributed by atoms with van der Waals surface area (Å²) < 4.78 is 27.6. The molecule has 0 aliphatic heterocycles. The molecule has 0 saturated carbocycles. The van der Waals surface area contributed by atoms with Crippen LogP contribution in [0.5, 0.6) is 0 Å². The van der Waals surface area contributed by atoms with Crippen LogP contribution in [0.4, 0.5) is 0 Å². The largest absolute Gasteiger partial charge is 0.455 e. The van der Waals surface area contributed by atoms with Crippen molar-refractivity contribution in [3.63, 3.8) is 0 Å². The molecule has 0 amide bonds. The number of hydrogen-bond donors (Lipinski definition) is 0. The number of aromatic nitrogens is 2. The highest BCUT2D eigenvalue weighted by atomic mass is 28.3. The third-order valence-corrected chi connectivity index (χ3v) is 10.8. The van der Waals surface area contributed by atoms with Gasteiger partial charge in [0, 0.05) is 13.5 Å². The van der Waals surface area contributed by atoms with Gasteiger partial charge in [-0.25, -0.2) is 4.98 Å². The normalized spacial score (nSPS) is 13.5. The van der Waals surface area contributed by atoms with Crippen molar-refractivity contribution in [3.05, 3.63) is 114 Å². The van der Waals surface area contributed by atoms with Crippen LogP contribution in [0.2, 0.25) is 19.6 Å². The molecule has 0 aliphatic rings. The molecule has 0 unspecified atom stereocenters. The van der Waals surface area contributed by atoms with Gasteiger partial charge in [0.2, 0.25) is 0 Å². The van der Waals surface area contributed by atoms with Gasteiger partial charge < -0.3 is 4.42 Å². The third-order valence-electron chi connectivity index (χ3n) is 8.70. The van der Waals surface area contributed by atoms with E-state index in [1.165, 1.54) is 5.19 Å². The van der Waals surface area contributed by atoms with Crippen LogP contribution >= 0.6 is 0 Å². The smallest absolute Gasteiger partial charge is 0.149 e. The number of benzene rings is 5. The first-order chi connectivity index (χ1) is 21.7. The molecule has 0 bridgehead atoms. The number of imidazole rings is 1. The maximum atomic E-state index is 9.47. The number of rotatable bonds is 6. The molecule has 5 aromatic carbocycles. The van der Waals surface area contributed by atoms with Gasteiger partial charge >= 0.3 is 0 Å². The lowest BCUT2D eigenvalue weighted by molar-refractivity contribution is 0.669. The van der Waals surface area contributed by atoms with Crippen molar-refractivity contribution >= 4 is 46.2 Å². The summed E-state index contributed by atoms with van der Waals surface area (Å²) in [6.45, 7) is 14.8. The molecule has 0 fully saturated rings. The zero-order valence-corrected chi connectivity index (χ0v) is 27.6. The summed E-state index contributed by atoms with van der Waals surface area (Å²) in [6, 6.07) is 35.7. The molecule has 0 N–H and O–H groups in total. The summed E-state index contributed by atoms with van der Waals surface area (Å²) in [7, 11) is -1.46. The number of fused-ring (bicyclic) bond motifs is 4. The molecule has 0 radical (unpaired) electrons. The molecule has 3 nitrogen and oxygen atoms in total. The minimum Gasteiger partial charge on any atom is -0.455 e. The number of hydrogen-bond acceptors (Lipinski definition) is 2. The first-order valence-corrected chi connectivity index (χ1v) is 18.9. The van der Waals surface area contributed by atoms with Gasteiger partial charge in [-0.1, -0.05) is 119 Å². The van der Waals surface area contributed by atoms with Crippen LogP contribution in [-0.4, -0.2) is 17.6 Å². The Morgan fingerprint density at radius 2 is 1.34 bits per heavy atom. The highest BCUT2D eigenvalue weighted by Gasteiger charge is 2.25. The quantitative estimate of drug-likeness (QED) is 0.179. The zero-order valence-electron chi connectivity index (χ0n) is 28.6. The maximum Gasteiger partial charge on any atom is 0.149 e. The van der Waals surface area contributed by atoms with Crippen LogP contribution in [0.1, 0.15) is 53.4 Å². The molecule has 7 rings (SSSR count). The van der Waals surface area contributed by atoms with Gasteiger partial charge in [-0.2, -0.15) is 0 Å². The van der Waals surface area contributed by atoms with Crippen molar-refractivity contribution < 1.29 is 7.16 Å². The van der Waals surface area contributed by atoms with Crippen molar-refractivity contribution in [1.29, 1.82) is 0 Å². The predicted octanol–water partition coefficient (Wildman–Crippen LogP) is 11.1. The first-order valence-electron chi connectivity index (χ1n) is 16.4. The Kier molecular flexibility index (Phi) is 6.29. The van der Waals surface area contributed by atoms with Crippen molar-refractivity contribution in [3.8, 4) is 28.2 Å². The highest BCUT2D eigenvalue weighted by Crippen LogP contribution is 2.42. The van der Waals surface area contributed by atoms with Crippen molar-refractivity contribution in [1.82, 2.24) is 9.55 Å². The average molecular weight is 595 g/mol. The van der Waals surface area contributed by atoms with E-state index in [1.807, 2.05) is 64.1 Å². The summed E-state index contributed by atoms with van der Waals surface area (Å²) in [5.41, 5.74) is 8.88. The molecule has 4 heteroatoms.